The van der Waals surface area contributed by atoms with Crippen LogP contribution in [0.3, 0.4) is 0 Å². The van der Waals surface area contributed by atoms with E-state index in [1.54, 1.807) is 0 Å². The van der Waals surface area contributed by atoms with E-state index >= 15 is 0 Å². The van der Waals surface area contributed by atoms with Crippen LogP contribution in [0.25, 0.3) is 0 Å². The fourth-order valence-corrected chi connectivity index (χ4v) is 2.54. The van der Waals surface area contributed by atoms with E-state index in [-0.39, 0.29) is 6.04 Å². The lowest BCUT2D eigenvalue weighted by Crippen LogP contribution is -2.30. The summed E-state index contributed by atoms with van der Waals surface area (Å²) >= 11 is 0. The number of nitrogens with zero attached hydrogens (tertiary/aromatic N) is 3. The topological polar surface area (TPSA) is 47.1 Å². The van der Waals surface area contributed by atoms with Gasteiger partial charge in [0, 0.05) is 30.9 Å². The normalized spacial score (nSPS) is 13.1. The average Bonchev–Trinajstić information content (AvgIpc) is 2.92. The quantitative estimate of drug-likeness (QED) is 0.888. The van der Waals surface area contributed by atoms with Gasteiger partial charge in [-0.2, -0.15) is 5.10 Å². The fourth-order valence-electron chi connectivity index (χ4n) is 2.54. The second kappa shape index (κ2) is 6.87. The molecule has 0 radical (unpaired) electrons. The molecule has 0 spiro atoms. The van der Waals surface area contributed by atoms with Crippen LogP contribution in [0.2, 0.25) is 0 Å². The zero-order chi connectivity index (χ0) is 15.4. The molecular weight excluding hydrogens is 260 g/mol. The summed E-state index contributed by atoms with van der Waals surface area (Å²) < 4.78 is 1.99. The van der Waals surface area contributed by atoms with Crippen LogP contribution < -0.4 is 5.73 Å². The Hall–Kier alpha value is -1.65. The third kappa shape index (κ3) is 3.71. The molecule has 1 atom stereocenters. The molecule has 2 N–H and O–H groups in total. The van der Waals surface area contributed by atoms with Gasteiger partial charge in [-0.15, -0.1) is 0 Å². The van der Waals surface area contributed by atoms with E-state index in [1.165, 1.54) is 16.7 Å². The molecule has 1 aromatic carbocycles. The number of likely N-dealkylation sites (N-methyl/N-ethyl adjacent to an activating group) is 1. The van der Waals surface area contributed by atoms with E-state index in [2.05, 4.69) is 68.3 Å². The van der Waals surface area contributed by atoms with Gasteiger partial charge in [0.1, 0.15) is 0 Å². The predicted molar refractivity (Wildman–Crippen MR) is 87.1 cm³/mol. The highest BCUT2D eigenvalue weighted by molar-refractivity contribution is 5.25. The summed E-state index contributed by atoms with van der Waals surface area (Å²) in [5.74, 6) is 0. The second-order valence-electron chi connectivity index (χ2n) is 5.94. The minimum Gasteiger partial charge on any atom is -0.329 e. The monoisotopic (exact) mass is 286 g/mol. The van der Waals surface area contributed by atoms with Crippen LogP contribution in [0, 0.1) is 6.92 Å². The highest BCUT2D eigenvalue weighted by Gasteiger charge is 2.18. The number of nitrogens with two attached hydrogens (primary N) is 1. The van der Waals surface area contributed by atoms with Crippen molar-refractivity contribution in [2.45, 2.75) is 39.4 Å². The molecule has 4 heteroatoms. The first-order valence-corrected chi connectivity index (χ1v) is 7.51. The first kappa shape index (κ1) is 15.7. The van der Waals surface area contributed by atoms with Crippen LogP contribution in [-0.4, -0.2) is 28.3 Å². The lowest BCUT2D eigenvalue weighted by molar-refractivity contribution is 0.241. The summed E-state index contributed by atoms with van der Waals surface area (Å²) in [5, 5.41) is 4.43. The molecule has 114 valence electrons. The van der Waals surface area contributed by atoms with Crippen LogP contribution in [-0.2, 0) is 6.54 Å². The van der Waals surface area contributed by atoms with Crippen LogP contribution in [0.1, 0.15) is 42.6 Å². The lowest BCUT2D eigenvalue weighted by atomic mass is 10.1. The fraction of sp³-hybridized carbons (Fsp3) is 0.471. The van der Waals surface area contributed by atoms with Gasteiger partial charge in [-0.3, -0.25) is 9.58 Å². The Labute approximate surface area is 127 Å². The van der Waals surface area contributed by atoms with Crippen molar-refractivity contribution in [1.82, 2.24) is 14.7 Å². The third-order valence-electron chi connectivity index (χ3n) is 3.97. The van der Waals surface area contributed by atoms with E-state index in [4.69, 9.17) is 5.73 Å². The Morgan fingerprint density at radius 2 is 2.00 bits per heavy atom. The second-order valence-corrected chi connectivity index (χ2v) is 5.94. The number of rotatable bonds is 6. The van der Waals surface area contributed by atoms with Crippen molar-refractivity contribution in [2.24, 2.45) is 5.73 Å². The number of aromatic nitrogens is 2. The molecule has 21 heavy (non-hydrogen) atoms. The predicted octanol–water partition coefficient (Wildman–Crippen LogP) is 2.90. The minimum absolute atomic E-state index is 0.192. The van der Waals surface area contributed by atoms with Crippen LogP contribution >= 0.6 is 0 Å². The molecule has 1 unspecified atom stereocenters. The van der Waals surface area contributed by atoms with Gasteiger partial charge in [0.25, 0.3) is 0 Å². The molecule has 0 aliphatic heterocycles. The van der Waals surface area contributed by atoms with Gasteiger partial charge in [0.05, 0.1) is 12.2 Å². The zero-order valence-corrected chi connectivity index (χ0v) is 13.5. The maximum absolute atomic E-state index is 6.00. The van der Waals surface area contributed by atoms with Crippen LogP contribution in [0.5, 0.6) is 0 Å². The SMILES string of the molecule is Cc1ccccc1CN(C)C(CN)c1cnn(C(C)C)c1. The molecule has 0 fully saturated rings. The van der Waals surface area contributed by atoms with E-state index in [0.29, 0.717) is 12.6 Å². The Bertz CT molecular complexity index is 574. The first-order chi connectivity index (χ1) is 10.0. The Morgan fingerprint density at radius 1 is 1.29 bits per heavy atom. The van der Waals surface area contributed by atoms with Crippen molar-refractivity contribution < 1.29 is 0 Å². The van der Waals surface area contributed by atoms with E-state index in [1.807, 2.05) is 10.9 Å². The number of aryl methyl sites for hydroxylation is 1. The summed E-state index contributed by atoms with van der Waals surface area (Å²) in [7, 11) is 2.12. The molecule has 0 bridgehead atoms. The van der Waals surface area contributed by atoms with Crippen molar-refractivity contribution >= 4 is 0 Å². The molecule has 0 saturated carbocycles. The van der Waals surface area contributed by atoms with Gasteiger partial charge in [-0.05, 0) is 38.9 Å². The van der Waals surface area contributed by atoms with Gasteiger partial charge >= 0.3 is 0 Å². The lowest BCUT2D eigenvalue weighted by Gasteiger charge is -2.26. The molecule has 0 amide bonds. The summed E-state index contributed by atoms with van der Waals surface area (Å²) in [6, 6.07) is 9.06. The number of hydrogen-bond donors (Lipinski definition) is 1. The minimum atomic E-state index is 0.192. The van der Waals surface area contributed by atoms with Gasteiger partial charge in [-0.1, -0.05) is 24.3 Å². The van der Waals surface area contributed by atoms with Crippen molar-refractivity contribution in [3.63, 3.8) is 0 Å². The molecule has 2 rings (SSSR count). The largest absolute Gasteiger partial charge is 0.329 e. The Balaban J connectivity index is 2.14. The summed E-state index contributed by atoms with van der Waals surface area (Å²) in [5.41, 5.74) is 9.85. The highest BCUT2D eigenvalue weighted by Crippen LogP contribution is 2.22. The van der Waals surface area contributed by atoms with E-state index in [9.17, 15) is 0 Å². The van der Waals surface area contributed by atoms with E-state index < -0.39 is 0 Å². The standard InChI is InChI=1S/C17H26N4/c1-13(2)21-12-16(10-19-21)17(9-18)20(4)11-15-8-6-5-7-14(15)3/h5-8,10,12-13,17H,9,11,18H2,1-4H3. The van der Waals surface area contributed by atoms with Crippen molar-refractivity contribution in [1.29, 1.82) is 0 Å². The van der Waals surface area contributed by atoms with Crippen LogP contribution in [0.4, 0.5) is 0 Å². The van der Waals surface area contributed by atoms with Crippen molar-refractivity contribution in [3.05, 3.63) is 53.3 Å². The van der Waals surface area contributed by atoms with Gasteiger partial charge in [0.15, 0.2) is 0 Å². The number of hydrogen-bond acceptors (Lipinski definition) is 3. The Kier molecular flexibility index (Phi) is 5.15. The zero-order valence-electron chi connectivity index (χ0n) is 13.5. The number of benzene rings is 1. The van der Waals surface area contributed by atoms with Gasteiger partial charge < -0.3 is 5.73 Å². The van der Waals surface area contributed by atoms with Gasteiger partial charge in [0.2, 0.25) is 0 Å². The molecule has 0 saturated heterocycles. The molecule has 0 aliphatic rings. The summed E-state index contributed by atoms with van der Waals surface area (Å²) in [6.07, 6.45) is 4.04. The first-order valence-electron chi connectivity index (χ1n) is 7.51. The van der Waals surface area contributed by atoms with Crippen molar-refractivity contribution in [2.75, 3.05) is 13.6 Å². The van der Waals surface area contributed by atoms with E-state index in [0.717, 1.165) is 6.54 Å². The molecule has 2 aromatic rings. The van der Waals surface area contributed by atoms with Gasteiger partial charge in [-0.25, -0.2) is 0 Å². The molecule has 0 aliphatic carbocycles. The maximum atomic E-state index is 6.00. The van der Waals surface area contributed by atoms with Crippen LogP contribution in [0.15, 0.2) is 36.7 Å². The molecule has 1 heterocycles. The molecule has 4 nitrogen and oxygen atoms in total. The molecular formula is C17H26N4. The maximum Gasteiger partial charge on any atom is 0.0538 e. The summed E-state index contributed by atoms with van der Waals surface area (Å²) in [4.78, 5) is 2.30. The Morgan fingerprint density at radius 3 is 2.57 bits per heavy atom. The third-order valence-corrected chi connectivity index (χ3v) is 3.97. The molecule has 1 aromatic heterocycles. The average molecular weight is 286 g/mol. The smallest absolute Gasteiger partial charge is 0.0538 e. The van der Waals surface area contributed by atoms with Crippen molar-refractivity contribution in [3.8, 4) is 0 Å². The highest BCUT2D eigenvalue weighted by atomic mass is 15.3. The summed E-state index contributed by atoms with van der Waals surface area (Å²) in [6.45, 7) is 7.89.